The van der Waals surface area contributed by atoms with Gasteiger partial charge in [-0.2, -0.15) is 0 Å². The summed E-state index contributed by atoms with van der Waals surface area (Å²) in [7, 11) is 2.22. The second-order valence-corrected chi connectivity index (χ2v) is 6.51. The highest BCUT2D eigenvalue weighted by Crippen LogP contribution is 2.21. The number of benzene rings is 1. The van der Waals surface area contributed by atoms with Crippen molar-refractivity contribution in [3.05, 3.63) is 35.4 Å². The Bertz CT molecular complexity index is 442. The van der Waals surface area contributed by atoms with Crippen LogP contribution in [0.3, 0.4) is 0 Å². The molecule has 1 saturated heterocycles. The molecule has 3 heteroatoms. The summed E-state index contributed by atoms with van der Waals surface area (Å²) in [5.74, 6) is 0. The number of hydrogen-bond acceptors (Lipinski definition) is 3. The monoisotopic (exact) mass is 273 g/mol. The van der Waals surface area contributed by atoms with Crippen LogP contribution >= 0.6 is 0 Å². The van der Waals surface area contributed by atoms with Crippen molar-refractivity contribution in [1.82, 2.24) is 15.1 Å². The zero-order chi connectivity index (χ0) is 13.9. The highest BCUT2D eigenvalue weighted by molar-refractivity contribution is 5.27. The molecule has 1 heterocycles. The van der Waals surface area contributed by atoms with Gasteiger partial charge in [0, 0.05) is 44.8 Å². The van der Waals surface area contributed by atoms with Crippen molar-refractivity contribution in [2.75, 3.05) is 26.7 Å². The van der Waals surface area contributed by atoms with Gasteiger partial charge in [-0.3, -0.25) is 4.90 Å². The van der Waals surface area contributed by atoms with Gasteiger partial charge in [-0.05, 0) is 37.9 Å². The topological polar surface area (TPSA) is 18.5 Å². The molecule has 2 fully saturated rings. The largest absolute Gasteiger partial charge is 0.310 e. The third-order valence-electron chi connectivity index (χ3n) is 4.62. The fourth-order valence-corrected chi connectivity index (χ4v) is 3.06. The summed E-state index contributed by atoms with van der Waals surface area (Å²) in [6.07, 6.45) is 2.72. The second kappa shape index (κ2) is 6.25. The Kier molecular flexibility index (Phi) is 4.39. The normalized spacial score (nSPS) is 25.0. The van der Waals surface area contributed by atoms with E-state index in [4.69, 9.17) is 0 Å². The molecule has 1 aliphatic heterocycles. The van der Waals surface area contributed by atoms with E-state index in [0.29, 0.717) is 6.04 Å². The van der Waals surface area contributed by atoms with E-state index >= 15 is 0 Å². The van der Waals surface area contributed by atoms with Gasteiger partial charge in [-0.15, -0.1) is 0 Å². The summed E-state index contributed by atoms with van der Waals surface area (Å²) in [6.45, 7) is 8.03. The number of likely N-dealkylation sites (N-methyl/N-ethyl adjacent to an activating group) is 1. The maximum Gasteiger partial charge on any atom is 0.0240 e. The average Bonchev–Trinajstić information content (AvgIpc) is 3.25. The van der Waals surface area contributed by atoms with E-state index in [1.165, 1.54) is 43.6 Å². The maximum absolute atomic E-state index is 3.64. The van der Waals surface area contributed by atoms with Crippen LogP contribution in [0.4, 0.5) is 0 Å². The fourth-order valence-electron chi connectivity index (χ4n) is 3.06. The van der Waals surface area contributed by atoms with Gasteiger partial charge >= 0.3 is 0 Å². The standard InChI is InChI=1S/C17H27N3/c1-14-12-19(2)9-10-20(14)13-16-6-4-3-5-15(16)11-18-17-7-8-17/h3-6,14,17-18H,7-13H2,1-2H3. The second-order valence-electron chi connectivity index (χ2n) is 6.51. The molecule has 1 atom stereocenters. The number of piperazine rings is 1. The van der Waals surface area contributed by atoms with Gasteiger partial charge in [-0.1, -0.05) is 24.3 Å². The molecule has 110 valence electrons. The van der Waals surface area contributed by atoms with Crippen molar-refractivity contribution in [2.24, 2.45) is 0 Å². The molecule has 2 aliphatic rings. The zero-order valence-electron chi connectivity index (χ0n) is 12.8. The molecule has 3 rings (SSSR count). The van der Waals surface area contributed by atoms with Crippen molar-refractivity contribution in [1.29, 1.82) is 0 Å². The molecule has 1 aromatic rings. The summed E-state index contributed by atoms with van der Waals surface area (Å²) < 4.78 is 0. The molecule has 1 unspecified atom stereocenters. The van der Waals surface area contributed by atoms with Crippen LogP contribution in [0, 0.1) is 0 Å². The third kappa shape index (κ3) is 3.60. The lowest BCUT2D eigenvalue weighted by Crippen LogP contribution is -2.49. The molecule has 0 radical (unpaired) electrons. The zero-order valence-corrected chi connectivity index (χ0v) is 12.8. The van der Waals surface area contributed by atoms with E-state index in [9.17, 15) is 0 Å². The summed E-state index contributed by atoms with van der Waals surface area (Å²) in [6, 6.07) is 10.4. The molecule has 0 spiro atoms. The van der Waals surface area contributed by atoms with Crippen LogP contribution in [0.5, 0.6) is 0 Å². The first-order chi connectivity index (χ1) is 9.72. The van der Waals surface area contributed by atoms with Gasteiger partial charge in [-0.25, -0.2) is 0 Å². The number of nitrogens with zero attached hydrogens (tertiary/aromatic N) is 2. The minimum atomic E-state index is 0.651. The van der Waals surface area contributed by atoms with Gasteiger partial charge in [0.05, 0.1) is 0 Å². The van der Waals surface area contributed by atoms with Crippen LogP contribution in [-0.4, -0.2) is 48.6 Å². The molecule has 1 aliphatic carbocycles. The summed E-state index contributed by atoms with van der Waals surface area (Å²) in [5, 5.41) is 3.64. The molecular formula is C17H27N3. The Morgan fingerprint density at radius 3 is 2.60 bits per heavy atom. The summed E-state index contributed by atoms with van der Waals surface area (Å²) in [4.78, 5) is 5.05. The van der Waals surface area contributed by atoms with Crippen LogP contribution in [0.25, 0.3) is 0 Å². The molecule has 3 nitrogen and oxygen atoms in total. The van der Waals surface area contributed by atoms with Crippen LogP contribution < -0.4 is 5.32 Å². The lowest BCUT2D eigenvalue weighted by molar-refractivity contribution is 0.0936. The highest BCUT2D eigenvalue weighted by Gasteiger charge is 2.23. The minimum Gasteiger partial charge on any atom is -0.310 e. The maximum atomic E-state index is 3.64. The molecule has 0 aromatic heterocycles. The summed E-state index contributed by atoms with van der Waals surface area (Å²) in [5.41, 5.74) is 2.97. The van der Waals surface area contributed by atoms with E-state index in [-0.39, 0.29) is 0 Å². The van der Waals surface area contributed by atoms with Gasteiger partial charge < -0.3 is 10.2 Å². The first kappa shape index (κ1) is 14.1. The Hall–Kier alpha value is -0.900. The van der Waals surface area contributed by atoms with Crippen LogP contribution in [-0.2, 0) is 13.1 Å². The summed E-state index contributed by atoms with van der Waals surface area (Å²) >= 11 is 0. The van der Waals surface area contributed by atoms with Gasteiger partial charge in [0.2, 0.25) is 0 Å². The Morgan fingerprint density at radius 1 is 1.15 bits per heavy atom. The molecule has 0 bridgehead atoms. The average molecular weight is 273 g/mol. The Morgan fingerprint density at radius 2 is 1.90 bits per heavy atom. The molecule has 1 aromatic carbocycles. The van der Waals surface area contributed by atoms with Crippen molar-refractivity contribution < 1.29 is 0 Å². The fraction of sp³-hybridized carbons (Fsp3) is 0.647. The molecule has 1 N–H and O–H groups in total. The van der Waals surface area contributed by atoms with Crippen LogP contribution in [0.2, 0.25) is 0 Å². The van der Waals surface area contributed by atoms with Crippen molar-refractivity contribution in [3.8, 4) is 0 Å². The molecule has 1 saturated carbocycles. The Balaban J connectivity index is 1.63. The minimum absolute atomic E-state index is 0.651. The lowest BCUT2D eigenvalue weighted by Gasteiger charge is -2.38. The van der Waals surface area contributed by atoms with E-state index in [2.05, 4.69) is 53.4 Å². The van der Waals surface area contributed by atoms with Crippen molar-refractivity contribution in [2.45, 2.75) is 44.9 Å². The van der Waals surface area contributed by atoms with E-state index in [1.54, 1.807) is 0 Å². The van der Waals surface area contributed by atoms with E-state index < -0.39 is 0 Å². The van der Waals surface area contributed by atoms with E-state index in [0.717, 1.165) is 19.1 Å². The predicted octanol–water partition coefficient (Wildman–Crippen LogP) is 2.07. The molecular weight excluding hydrogens is 246 g/mol. The highest BCUT2D eigenvalue weighted by atomic mass is 15.3. The van der Waals surface area contributed by atoms with Crippen LogP contribution in [0.1, 0.15) is 30.9 Å². The first-order valence-electron chi connectivity index (χ1n) is 7.95. The number of nitrogens with one attached hydrogen (secondary N) is 1. The molecule has 0 amide bonds. The third-order valence-corrected chi connectivity index (χ3v) is 4.62. The first-order valence-corrected chi connectivity index (χ1v) is 7.95. The van der Waals surface area contributed by atoms with Gasteiger partial charge in [0.25, 0.3) is 0 Å². The van der Waals surface area contributed by atoms with Gasteiger partial charge in [0.15, 0.2) is 0 Å². The Labute approximate surface area is 123 Å². The number of rotatable bonds is 5. The smallest absolute Gasteiger partial charge is 0.0240 e. The molecule has 20 heavy (non-hydrogen) atoms. The lowest BCUT2D eigenvalue weighted by atomic mass is 10.1. The van der Waals surface area contributed by atoms with Crippen LogP contribution in [0.15, 0.2) is 24.3 Å². The quantitative estimate of drug-likeness (QED) is 0.886. The van der Waals surface area contributed by atoms with Crippen molar-refractivity contribution in [3.63, 3.8) is 0 Å². The number of hydrogen-bond donors (Lipinski definition) is 1. The SMILES string of the molecule is CC1CN(C)CCN1Cc1ccccc1CNC1CC1. The van der Waals surface area contributed by atoms with Crippen molar-refractivity contribution >= 4 is 0 Å². The predicted molar refractivity (Wildman–Crippen MR) is 83.7 cm³/mol. The van der Waals surface area contributed by atoms with Gasteiger partial charge in [0.1, 0.15) is 0 Å². The van der Waals surface area contributed by atoms with E-state index in [1.807, 2.05) is 0 Å².